The van der Waals surface area contributed by atoms with Crippen molar-refractivity contribution in [3.63, 3.8) is 0 Å². The molecule has 3 atom stereocenters. The van der Waals surface area contributed by atoms with Crippen molar-refractivity contribution in [2.75, 3.05) is 19.8 Å². The molecule has 1 rings (SSSR count). The molecule has 0 radical (unpaired) electrons. The first-order valence-electron chi connectivity index (χ1n) is 4.42. The van der Waals surface area contributed by atoms with E-state index in [-0.39, 0.29) is 19.1 Å². The van der Waals surface area contributed by atoms with Gasteiger partial charge >= 0.3 is 0 Å². The fraction of sp³-hybridized carbons (Fsp3) is 0.778. The Morgan fingerprint density at radius 1 is 1.23 bits per heavy atom. The van der Waals surface area contributed by atoms with Crippen LogP contribution in [0.25, 0.3) is 0 Å². The summed E-state index contributed by atoms with van der Waals surface area (Å²) < 4.78 is 0. The summed E-state index contributed by atoms with van der Waals surface area (Å²) in [6, 6.07) is 0. The SMILES string of the molecule is OCC[C@H]1C=C[C@@](O)(CO)[C@H]1CO. The molecule has 0 heterocycles. The molecule has 0 aromatic rings. The molecular weight excluding hydrogens is 172 g/mol. The Morgan fingerprint density at radius 2 is 1.92 bits per heavy atom. The number of hydrogen-bond donors (Lipinski definition) is 4. The van der Waals surface area contributed by atoms with Crippen molar-refractivity contribution in [3.8, 4) is 0 Å². The Kier molecular flexibility index (Phi) is 3.44. The Bertz CT molecular complexity index is 192. The zero-order valence-corrected chi connectivity index (χ0v) is 7.43. The highest BCUT2D eigenvalue weighted by Crippen LogP contribution is 2.35. The van der Waals surface area contributed by atoms with Crippen molar-refractivity contribution in [3.05, 3.63) is 12.2 Å². The molecule has 0 spiro atoms. The molecule has 1 aliphatic rings. The quantitative estimate of drug-likeness (QED) is 0.422. The third kappa shape index (κ3) is 1.91. The number of hydrogen-bond acceptors (Lipinski definition) is 4. The van der Waals surface area contributed by atoms with E-state index in [9.17, 15) is 5.11 Å². The third-order valence-corrected chi connectivity index (χ3v) is 2.70. The van der Waals surface area contributed by atoms with Gasteiger partial charge in [0.25, 0.3) is 0 Å². The maximum Gasteiger partial charge on any atom is 0.111 e. The van der Waals surface area contributed by atoms with Crippen molar-refractivity contribution in [2.24, 2.45) is 11.8 Å². The number of allylic oxidation sites excluding steroid dienone is 1. The van der Waals surface area contributed by atoms with Crippen LogP contribution in [0, 0.1) is 11.8 Å². The second kappa shape index (κ2) is 4.19. The molecule has 0 aliphatic heterocycles. The lowest BCUT2D eigenvalue weighted by atomic mass is 9.84. The van der Waals surface area contributed by atoms with Crippen LogP contribution in [-0.2, 0) is 0 Å². The smallest absolute Gasteiger partial charge is 0.111 e. The molecule has 4 N–H and O–H groups in total. The van der Waals surface area contributed by atoms with Gasteiger partial charge in [0.2, 0.25) is 0 Å². The molecule has 0 unspecified atom stereocenters. The van der Waals surface area contributed by atoms with E-state index in [2.05, 4.69) is 0 Å². The van der Waals surface area contributed by atoms with Crippen LogP contribution in [0.5, 0.6) is 0 Å². The zero-order valence-electron chi connectivity index (χ0n) is 7.43. The van der Waals surface area contributed by atoms with Gasteiger partial charge in [-0.1, -0.05) is 12.2 Å². The summed E-state index contributed by atoms with van der Waals surface area (Å²) in [6.45, 7) is -0.557. The van der Waals surface area contributed by atoms with E-state index in [1.54, 1.807) is 6.08 Å². The Balaban J connectivity index is 2.68. The normalized spacial score (nSPS) is 38.5. The van der Waals surface area contributed by atoms with Crippen LogP contribution in [-0.4, -0.2) is 45.8 Å². The summed E-state index contributed by atoms with van der Waals surface area (Å²) in [6.07, 6.45) is 3.76. The Hall–Kier alpha value is -0.420. The average Bonchev–Trinajstić information content (AvgIpc) is 2.45. The first-order valence-corrected chi connectivity index (χ1v) is 4.42. The van der Waals surface area contributed by atoms with E-state index >= 15 is 0 Å². The number of rotatable bonds is 4. The van der Waals surface area contributed by atoms with E-state index in [0.29, 0.717) is 6.42 Å². The first-order chi connectivity index (χ1) is 6.18. The van der Waals surface area contributed by atoms with E-state index in [0.717, 1.165) is 0 Å². The second-order valence-corrected chi connectivity index (χ2v) is 3.47. The van der Waals surface area contributed by atoms with Crippen LogP contribution in [0.4, 0.5) is 0 Å². The maximum atomic E-state index is 9.78. The molecule has 1 aliphatic carbocycles. The minimum absolute atomic E-state index is 0.0208. The molecule has 0 saturated heterocycles. The van der Waals surface area contributed by atoms with E-state index in [1.807, 2.05) is 0 Å². The average molecular weight is 188 g/mol. The summed E-state index contributed by atoms with van der Waals surface area (Å²) in [5, 5.41) is 36.5. The molecule has 0 amide bonds. The first kappa shape index (κ1) is 10.7. The van der Waals surface area contributed by atoms with Gasteiger partial charge in [-0.2, -0.15) is 0 Å². The van der Waals surface area contributed by atoms with Crippen LogP contribution in [0.1, 0.15) is 6.42 Å². The van der Waals surface area contributed by atoms with Gasteiger partial charge in [0, 0.05) is 19.1 Å². The van der Waals surface area contributed by atoms with Gasteiger partial charge < -0.3 is 20.4 Å². The zero-order chi connectivity index (χ0) is 9.90. The largest absolute Gasteiger partial charge is 0.396 e. The predicted molar refractivity (Wildman–Crippen MR) is 46.9 cm³/mol. The summed E-state index contributed by atoms with van der Waals surface area (Å²) in [5.74, 6) is -0.447. The topological polar surface area (TPSA) is 80.9 Å². The fourth-order valence-corrected chi connectivity index (χ4v) is 1.83. The highest BCUT2D eigenvalue weighted by atomic mass is 16.3. The highest BCUT2D eigenvalue weighted by molar-refractivity contribution is 5.16. The second-order valence-electron chi connectivity index (χ2n) is 3.47. The number of aliphatic hydroxyl groups excluding tert-OH is 3. The maximum absolute atomic E-state index is 9.78. The van der Waals surface area contributed by atoms with E-state index in [4.69, 9.17) is 15.3 Å². The van der Waals surface area contributed by atoms with Gasteiger partial charge in [-0.25, -0.2) is 0 Å². The van der Waals surface area contributed by atoms with Gasteiger partial charge in [0.15, 0.2) is 0 Å². The molecule has 4 nitrogen and oxygen atoms in total. The van der Waals surface area contributed by atoms with Gasteiger partial charge in [-0.05, 0) is 12.3 Å². The monoisotopic (exact) mass is 188 g/mol. The van der Waals surface area contributed by atoms with Gasteiger partial charge in [0.1, 0.15) is 5.60 Å². The summed E-state index contributed by atoms with van der Waals surface area (Å²) in [5.41, 5.74) is -1.31. The fourth-order valence-electron chi connectivity index (χ4n) is 1.83. The van der Waals surface area contributed by atoms with Gasteiger partial charge in [-0.3, -0.25) is 0 Å². The van der Waals surface area contributed by atoms with Crippen molar-refractivity contribution >= 4 is 0 Å². The highest BCUT2D eigenvalue weighted by Gasteiger charge is 2.41. The van der Waals surface area contributed by atoms with Crippen molar-refractivity contribution in [1.29, 1.82) is 0 Å². The van der Waals surface area contributed by atoms with Crippen LogP contribution >= 0.6 is 0 Å². The Morgan fingerprint density at radius 3 is 2.38 bits per heavy atom. The van der Waals surface area contributed by atoms with E-state index in [1.165, 1.54) is 6.08 Å². The summed E-state index contributed by atoms with van der Waals surface area (Å²) in [7, 11) is 0. The van der Waals surface area contributed by atoms with Crippen LogP contribution in [0.3, 0.4) is 0 Å². The van der Waals surface area contributed by atoms with Gasteiger partial charge in [-0.15, -0.1) is 0 Å². The standard InChI is InChI=1S/C9H16O4/c10-4-2-7-1-3-9(13,6-12)8(7)5-11/h1,3,7-8,10-13H,2,4-6H2/t7-,8+,9-/m1/s1. The van der Waals surface area contributed by atoms with Crippen LogP contribution < -0.4 is 0 Å². The minimum Gasteiger partial charge on any atom is -0.396 e. The third-order valence-electron chi connectivity index (χ3n) is 2.70. The van der Waals surface area contributed by atoms with Crippen LogP contribution in [0.15, 0.2) is 12.2 Å². The minimum atomic E-state index is -1.31. The molecule has 0 fully saturated rings. The lowest BCUT2D eigenvalue weighted by Gasteiger charge is -2.29. The van der Waals surface area contributed by atoms with E-state index < -0.39 is 18.1 Å². The van der Waals surface area contributed by atoms with Crippen molar-refractivity contribution in [2.45, 2.75) is 12.0 Å². The molecular formula is C9H16O4. The summed E-state index contributed by atoms with van der Waals surface area (Å²) >= 11 is 0. The molecule has 0 bridgehead atoms. The predicted octanol–water partition coefficient (Wildman–Crippen LogP) is -1.11. The van der Waals surface area contributed by atoms with Crippen LogP contribution in [0.2, 0.25) is 0 Å². The van der Waals surface area contributed by atoms with Crippen molar-refractivity contribution in [1.82, 2.24) is 0 Å². The van der Waals surface area contributed by atoms with Gasteiger partial charge in [0.05, 0.1) is 6.61 Å². The molecule has 0 aromatic heterocycles. The lowest BCUT2D eigenvalue weighted by molar-refractivity contribution is -0.0459. The summed E-state index contributed by atoms with van der Waals surface area (Å²) in [4.78, 5) is 0. The number of aliphatic hydroxyl groups is 4. The molecule has 0 saturated carbocycles. The molecule has 76 valence electrons. The van der Waals surface area contributed by atoms with Crippen molar-refractivity contribution < 1.29 is 20.4 Å². The lowest BCUT2D eigenvalue weighted by Crippen LogP contribution is -2.41. The Labute approximate surface area is 77.1 Å². The molecule has 0 aromatic carbocycles. The molecule has 4 heteroatoms. The molecule has 13 heavy (non-hydrogen) atoms.